The maximum Gasteiger partial charge on any atom is 0.251 e. The minimum Gasteiger partial charge on any atom is -0.497 e. The standard InChI is InChI=1S/C28H32N2O6/c1-33-23-11-9-19(25(17-23)35-3)13-15-29-27(31)21-5-7-22(8-6-21)28(32)30-16-14-20-10-12-24(34-2)18-26(20)36-4/h5-12,17-18H,13-16H2,1-4H3,(H,29,31)(H,30,32). The van der Waals surface area contributed by atoms with E-state index in [0.29, 0.717) is 60.1 Å². The van der Waals surface area contributed by atoms with Crippen LogP contribution in [0.4, 0.5) is 0 Å². The lowest BCUT2D eigenvalue weighted by molar-refractivity contribution is 0.0942. The summed E-state index contributed by atoms with van der Waals surface area (Å²) in [6.07, 6.45) is 1.22. The first kappa shape index (κ1) is 26.4. The van der Waals surface area contributed by atoms with E-state index in [2.05, 4.69) is 10.6 Å². The van der Waals surface area contributed by atoms with Gasteiger partial charge in [0.1, 0.15) is 23.0 Å². The fraction of sp³-hybridized carbons (Fsp3) is 0.286. The molecule has 0 aliphatic heterocycles. The molecule has 0 aliphatic carbocycles. The monoisotopic (exact) mass is 492 g/mol. The van der Waals surface area contributed by atoms with Crippen molar-refractivity contribution in [3.8, 4) is 23.0 Å². The van der Waals surface area contributed by atoms with Crippen LogP contribution in [0.25, 0.3) is 0 Å². The van der Waals surface area contributed by atoms with Crippen molar-refractivity contribution in [2.24, 2.45) is 0 Å². The second kappa shape index (κ2) is 13.0. The zero-order valence-corrected chi connectivity index (χ0v) is 21.1. The van der Waals surface area contributed by atoms with E-state index in [1.54, 1.807) is 52.7 Å². The molecule has 0 fully saturated rings. The summed E-state index contributed by atoms with van der Waals surface area (Å²) in [5.74, 6) is 2.43. The zero-order valence-electron chi connectivity index (χ0n) is 21.1. The van der Waals surface area contributed by atoms with E-state index in [1.165, 1.54) is 0 Å². The Balaban J connectivity index is 1.48. The molecule has 0 saturated carbocycles. The molecule has 36 heavy (non-hydrogen) atoms. The van der Waals surface area contributed by atoms with Crippen molar-refractivity contribution in [2.45, 2.75) is 12.8 Å². The molecule has 0 bridgehead atoms. The fourth-order valence-corrected chi connectivity index (χ4v) is 3.72. The van der Waals surface area contributed by atoms with Gasteiger partial charge in [0.25, 0.3) is 11.8 Å². The number of rotatable bonds is 12. The second-order valence-electron chi connectivity index (χ2n) is 7.94. The van der Waals surface area contributed by atoms with Gasteiger partial charge in [-0.05, 0) is 60.4 Å². The third kappa shape index (κ3) is 6.91. The van der Waals surface area contributed by atoms with Crippen LogP contribution in [0.3, 0.4) is 0 Å². The lowest BCUT2D eigenvalue weighted by Crippen LogP contribution is -2.27. The molecule has 3 aromatic carbocycles. The highest BCUT2D eigenvalue weighted by atomic mass is 16.5. The van der Waals surface area contributed by atoms with Crippen LogP contribution in [0.1, 0.15) is 31.8 Å². The average molecular weight is 493 g/mol. The molecular weight excluding hydrogens is 460 g/mol. The van der Waals surface area contributed by atoms with Crippen LogP contribution in [0, 0.1) is 0 Å². The molecule has 3 aromatic rings. The summed E-state index contributed by atoms with van der Waals surface area (Å²) in [4.78, 5) is 25.0. The Morgan fingerprint density at radius 3 is 1.31 bits per heavy atom. The van der Waals surface area contributed by atoms with Gasteiger partial charge in [0.2, 0.25) is 0 Å². The molecule has 0 unspecified atom stereocenters. The van der Waals surface area contributed by atoms with Crippen LogP contribution in [0.15, 0.2) is 60.7 Å². The van der Waals surface area contributed by atoms with E-state index in [-0.39, 0.29) is 11.8 Å². The average Bonchev–Trinajstić information content (AvgIpc) is 2.93. The molecule has 0 atom stereocenters. The summed E-state index contributed by atoms with van der Waals surface area (Å²) in [5, 5.41) is 5.80. The van der Waals surface area contributed by atoms with Crippen LogP contribution in [-0.4, -0.2) is 53.3 Å². The Bertz CT molecular complexity index is 1080. The highest BCUT2D eigenvalue weighted by molar-refractivity contribution is 5.97. The molecule has 8 nitrogen and oxygen atoms in total. The van der Waals surface area contributed by atoms with Crippen molar-refractivity contribution in [1.82, 2.24) is 10.6 Å². The highest BCUT2D eigenvalue weighted by Crippen LogP contribution is 2.25. The first-order valence-corrected chi connectivity index (χ1v) is 11.6. The van der Waals surface area contributed by atoms with Crippen LogP contribution in [0.2, 0.25) is 0 Å². The molecule has 3 rings (SSSR count). The third-order valence-corrected chi connectivity index (χ3v) is 5.76. The highest BCUT2D eigenvalue weighted by Gasteiger charge is 2.11. The molecule has 0 aromatic heterocycles. The van der Waals surface area contributed by atoms with E-state index in [1.807, 2.05) is 36.4 Å². The minimum absolute atomic E-state index is 0.207. The summed E-state index contributed by atoms with van der Waals surface area (Å²) in [5.41, 5.74) is 2.91. The van der Waals surface area contributed by atoms with Gasteiger partial charge in [0, 0.05) is 36.3 Å². The Labute approximate surface area is 211 Å². The lowest BCUT2D eigenvalue weighted by atomic mass is 10.1. The quantitative estimate of drug-likeness (QED) is 0.401. The predicted octanol–water partition coefficient (Wildman–Crippen LogP) is 3.67. The van der Waals surface area contributed by atoms with Crippen molar-refractivity contribution in [1.29, 1.82) is 0 Å². The number of amides is 2. The smallest absolute Gasteiger partial charge is 0.251 e. The first-order valence-electron chi connectivity index (χ1n) is 11.6. The van der Waals surface area contributed by atoms with E-state index in [0.717, 1.165) is 11.1 Å². The van der Waals surface area contributed by atoms with Gasteiger partial charge in [-0.1, -0.05) is 12.1 Å². The van der Waals surface area contributed by atoms with Crippen molar-refractivity contribution >= 4 is 11.8 Å². The minimum atomic E-state index is -0.207. The van der Waals surface area contributed by atoms with Crippen LogP contribution >= 0.6 is 0 Å². The Morgan fingerprint density at radius 1 is 0.583 bits per heavy atom. The van der Waals surface area contributed by atoms with Crippen LogP contribution in [-0.2, 0) is 12.8 Å². The Hall–Kier alpha value is -4.20. The summed E-state index contributed by atoms with van der Waals surface area (Å²) < 4.78 is 21.2. The molecule has 0 spiro atoms. The maximum absolute atomic E-state index is 12.5. The number of carbonyl (C=O) groups excluding carboxylic acids is 2. The second-order valence-corrected chi connectivity index (χ2v) is 7.94. The normalized spacial score (nSPS) is 10.3. The first-order chi connectivity index (χ1) is 17.5. The van der Waals surface area contributed by atoms with Crippen molar-refractivity contribution in [3.63, 3.8) is 0 Å². The molecule has 190 valence electrons. The summed E-state index contributed by atoms with van der Waals surface area (Å²) in [6, 6.07) is 17.8. The number of nitrogens with one attached hydrogen (secondary N) is 2. The zero-order chi connectivity index (χ0) is 25.9. The number of hydrogen-bond acceptors (Lipinski definition) is 6. The molecule has 8 heteroatoms. The molecule has 0 saturated heterocycles. The van der Waals surface area contributed by atoms with Crippen molar-refractivity contribution in [2.75, 3.05) is 41.5 Å². The van der Waals surface area contributed by atoms with Crippen LogP contribution in [0.5, 0.6) is 23.0 Å². The Morgan fingerprint density at radius 2 is 0.972 bits per heavy atom. The van der Waals surface area contributed by atoms with Gasteiger partial charge in [-0.2, -0.15) is 0 Å². The molecular formula is C28H32N2O6. The van der Waals surface area contributed by atoms with E-state index in [9.17, 15) is 9.59 Å². The number of benzene rings is 3. The van der Waals surface area contributed by atoms with E-state index >= 15 is 0 Å². The number of ether oxygens (including phenoxy) is 4. The van der Waals surface area contributed by atoms with Gasteiger partial charge in [0.15, 0.2) is 0 Å². The molecule has 2 amide bonds. The molecule has 0 aliphatic rings. The third-order valence-electron chi connectivity index (χ3n) is 5.76. The summed E-state index contributed by atoms with van der Waals surface area (Å²) >= 11 is 0. The molecule has 2 N–H and O–H groups in total. The van der Waals surface area contributed by atoms with E-state index in [4.69, 9.17) is 18.9 Å². The van der Waals surface area contributed by atoms with Crippen molar-refractivity contribution in [3.05, 3.63) is 82.9 Å². The van der Waals surface area contributed by atoms with E-state index < -0.39 is 0 Å². The molecule has 0 heterocycles. The fourth-order valence-electron chi connectivity index (χ4n) is 3.72. The lowest BCUT2D eigenvalue weighted by Gasteiger charge is -2.12. The van der Waals surface area contributed by atoms with Gasteiger partial charge >= 0.3 is 0 Å². The molecule has 0 radical (unpaired) electrons. The largest absolute Gasteiger partial charge is 0.497 e. The number of methoxy groups -OCH3 is 4. The summed E-state index contributed by atoms with van der Waals surface area (Å²) in [7, 11) is 6.40. The van der Waals surface area contributed by atoms with Gasteiger partial charge in [0.05, 0.1) is 28.4 Å². The van der Waals surface area contributed by atoms with Gasteiger partial charge in [-0.3, -0.25) is 9.59 Å². The van der Waals surface area contributed by atoms with Gasteiger partial charge < -0.3 is 29.6 Å². The topological polar surface area (TPSA) is 95.1 Å². The Kier molecular flexibility index (Phi) is 9.56. The van der Waals surface area contributed by atoms with Gasteiger partial charge in [-0.15, -0.1) is 0 Å². The van der Waals surface area contributed by atoms with Crippen molar-refractivity contribution < 1.29 is 28.5 Å². The van der Waals surface area contributed by atoms with Crippen LogP contribution < -0.4 is 29.6 Å². The SMILES string of the molecule is COc1ccc(CCNC(=O)c2ccc(C(=O)NCCc3ccc(OC)cc3OC)cc2)c(OC)c1. The number of carbonyl (C=O) groups is 2. The predicted molar refractivity (Wildman–Crippen MR) is 138 cm³/mol. The van der Waals surface area contributed by atoms with Gasteiger partial charge in [-0.25, -0.2) is 0 Å². The number of hydrogen-bond donors (Lipinski definition) is 2. The maximum atomic E-state index is 12.5. The summed E-state index contributed by atoms with van der Waals surface area (Å²) in [6.45, 7) is 0.886.